The lowest BCUT2D eigenvalue weighted by Gasteiger charge is -2.25. The largest absolute Gasteiger partial charge is 0.508 e. The lowest BCUT2D eigenvalue weighted by molar-refractivity contribution is -0.135. The van der Waals surface area contributed by atoms with Gasteiger partial charge in [0.05, 0.1) is 24.0 Å². The zero-order valence-electron chi connectivity index (χ0n) is 16.3. The predicted molar refractivity (Wildman–Crippen MR) is 141 cm³/mol. The number of hydrogen-bond donors (Lipinski definition) is 5. The Morgan fingerprint density at radius 2 is 1.53 bits per heavy atom. The van der Waals surface area contributed by atoms with Gasteiger partial charge in [-0.2, -0.15) is 0 Å². The van der Waals surface area contributed by atoms with Crippen LogP contribution in [0.4, 0.5) is 11.4 Å². The van der Waals surface area contributed by atoms with Crippen LogP contribution in [-0.4, -0.2) is 59.2 Å². The Morgan fingerprint density at radius 3 is 2.03 bits per heavy atom. The number of aromatic hydroxyl groups is 1. The Balaban J connectivity index is 2.79. The number of aliphatic hydroxyl groups is 1. The molecule has 32 heavy (non-hydrogen) atoms. The number of carbonyl (C=O) groups is 4. The molecule has 170 valence electrons. The van der Waals surface area contributed by atoms with E-state index in [1.54, 1.807) is 0 Å². The maximum absolute atomic E-state index is 13.6. The maximum Gasteiger partial charge on any atom is 0.323 e. The number of rotatable bonds is 7. The number of anilines is 2. The van der Waals surface area contributed by atoms with Crippen molar-refractivity contribution in [3.05, 3.63) is 46.1 Å². The molecule has 13 heteroatoms. The highest BCUT2D eigenvalue weighted by Gasteiger charge is 2.31. The van der Waals surface area contributed by atoms with E-state index in [1.165, 1.54) is 31.3 Å². The van der Waals surface area contributed by atoms with Crippen LogP contribution >= 0.6 is 67.8 Å². The minimum atomic E-state index is -1.28. The fourth-order valence-corrected chi connectivity index (χ4v) is 7.04. The maximum atomic E-state index is 13.6. The van der Waals surface area contributed by atoms with E-state index in [4.69, 9.17) is 5.11 Å². The van der Waals surface area contributed by atoms with E-state index in [2.05, 4.69) is 10.6 Å². The highest BCUT2D eigenvalue weighted by molar-refractivity contribution is 14.1. The molecule has 0 aromatic heterocycles. The number of benzene rings is 2. The van der Waals surface area contributed by atoms with Crippen molar-refractivity contribution in [3.63, 3.8) is 0 Å². The average molecular weight is 779 g/mol. The zero-order valence-corrected chi connectivity index (χ0v) is 22.8. The number of nitrogens with zero attached hydrogens (tertiary/aromatic N) is 1. The van der Waals surface area contributed by atoms with Gasteiger partial charge in [-0.1, -0.05) is 0 Å². The first-order chi connectivity index (χ1) is 15.0. The average Bonchev–Trinajstić information content (AvgIpc) is 2.75. The van der Waals surface area contributed by atoms with Gasteiger partial charge in [0.15, 0.2) is 0 Å². The first kappa shape index (κ1) is 26.5. The number of carbonyl (C=O) groups excluding carboxylic acids is 3. The Labute approximate surface area is 223 Å². The number of aliphatic hydroxyl groups excluding tert-OH is 1. The second-order valence-corrected chi connectivity index (χ2v) is 9.39. The molecule has 0 atom stereocenters. The molecule has 0 radical (unpaired) electrons. The second kappa shape index (κ2) is 11.4. The molecule has 0 aliphatic heterocycles. The van der Waals surface area contributed by atoms with E-state index in [9.17, 15) is 29.4 Å². The summed E-state index contributed by atoms with van der Waals surface area (Å²) in [6, 6.07) is 5.39. The summed E-state index contributed by atoms with van der Waals surface area (Å²) in [7, 11) is 1.41. The monoisotopic (exact) mass is 779 g/mol. The van der Waals surface area contributed by atoms with Gasteiger partial charge in [-0.25, -0.2) is 0 Å². The highest BCUT2D eigenvalue weighted by Crippen LogP contribution is 2.37. The number of carboxylic acid groups (broad SMARTS) is 1. The normalized spacial score (nSPS) is 10.4. The van der Waals surface area contributed by atoms with Gasteiger partial charge in [0.25, 0.3) is 11.8 Å². The van der Waals surface area contributed by atoms with Crippen LogP contribution in [0, 0.1) is 10.7 Å². The van der Waals surface area contributed by atoms with Gasteiger partial charge in [0.1, 0.15) is 18.9 Å². The Morgan fingerprint density at radius 1 is 0.969 bits per heavy atom. The van der Waals surface area contributed by atoms with Gasteiger partial charge in [0, 0.05) is 16.3 Å². The van der Waals surface area contributed by atoms with Crippen LogP contribution in [0.5, 0.6) is 5.75 Å². The van der Waals surface area contributed by atoms with Crippen molar-refractivity contribution in [2.75, 3.05) is 30.4 Å². The first-order valence-electron chi connectivity index (χ1n) is 8.69. The Bertz CT molecular complexity index is 1090. The van der Waals surface area contributed by atoms with E-state index in [1.807, 2.05) is 67.8 Å². The number of carboxylic acids is 1. The van der Waals surface area contributed by atoms with Crippen LogP contribution in [0.1, 0.15) is 20.7 Å². The number of hydrogen-bond acceptors (Lipinski definition) is 6. The number of amides is 3. The molecule has 2 aromatic rings. The summed E-state index contributed by atoms with van der Waals surface area (Å²) in [6.07, 6.45) is 0. The Hall–Kier alpha value is -1.73. The van der Waals surface area contributed by atoms with Crippen LogP contribution in [0.25, 0.3) is 0 Å². The summed E-state index contributed by atoms with van der Waals surface area (Å²) >= 11 is 5.52. The van der Waals surface area contributed by atoms with E-state index >= 15 is 0 Å². The molecule has 5 N–H and O–H groups in total. The van der Waals surface area contributed by atoms with Crippen molar-refractivity contribution < 1.29 is 34.5 Å². The number of nitrogens with one attached hydrogen (secondary N) is 2. The molecule has 2 rings (SSSR count). The molecular weight excluding hydrogens is 763 g/mol. The molecule has 0 heterocycles. The van der Waals surface area contributed by atoms with Gasteiger partial charge in [-0.3, -0.25) is 24.1 Å². The van der Waals surface area contributed by atoms with Crippen LogP contribution in [0.3, 0.4) is 0 Å². The summed E-state index contributed by atoms with van der Waals surface area (Å²) in [6.45, 7) is -1.50. The minimum absolute atomic E-state index is 0.00720. The summed E-state index contributed by atoms with van der Waals surface area (Å²) in [5, 5.41) is 33.0. The fraction of sp³-hybridized carbons (Fsp3) is 0.158. The van der Waals surface area contributed by atoms with Gasteiger partial charge in [-0.15, -0.1) is 0 Å². The van der Waals surface area contributed by atoms with E-state index in [0.717, 1.165) is 4.90 Å². The van der Waals surface area contributed by atoms with E-state index in [0.29, 0.717) is 3.57 Å². The second-order valence-electron chi connectivity index (χ2n) is 6.15. The summed E-state index contributed by atoms with van der Waals surface area (Å²) < 4.78 is 0.880. The van der Waals surface area contributed by atoms with Crippen molar-refractivity contribution in [2.24, 2.45) is 0 Å². The van der Waals surface area contributed by atoms with Crippen molar-refractivity contribution in [1.82, 2.24) is 5.32 Å². The Kier molecular flexibility index (Phi) is 9.46. The van der Waals surface area contributed by atoms with Gasteiger partial charge < -0.3 is 26.0 Å². The van der Waals surface area contributed by atoms with Crippen molar-refractivity contribution >= 4 is 103 Å². The zero-order chi connectivity index (χ0) is 24.2. The molecule has 0 aliphatic rings. The van der Waals surface area contributed by atoms with Crippen molar-refractivity contribution in [1.29, 1.82) is 0 Å². The molecule has 10 nitrogen and oxygen atoms in total. The number of halogens is 3. The van der Waals surface area contributed by atoms with Crippen LogP contribution in [0.15, 0.2) is 24.3 Å². The number of phenols is 1. The smallest absolute Gasteiger partial charge is 0.323 e. The first-order valence-corrected chi connectivity index (χ1v) is 11.9. The molecule has 0 aliphatic carbocycles. The molecule has 0 saturated carbocycles. The molecule has 0 saturated heterocycles. The third kappa shape index (κ3) is 5.79. The number of aliphatic carboxylic acids is 1. The van der Waals surface area contributed by atoms with Crippen molar-refractivity contribution in [2.45, 2.75) is 0 Å². The summed E-state index contributed by atoms with van der Waals surface area (Å²) in [4.78, 5) is 50.5. The lowest BCUT2D eigenvalue weighted by Crippen LogP contribution is -2.37. The molecule has 0 fully saturated rings. The summed E-state index contributed by atoms with van der Waals surface area (Å²) in [5.74, 6) is -3.33. The van der Waals surface area contributed by atoms with Crippen LogP contribution in [-0.2, 0) is 9.59 Å². The van der Waals surface area contributed by atoms with Crippen molar-refractivity contribution in [3.8, 4) is 5.75 Å². The molecule has 3 amide bonds. The molecule has 0 bridgehead atoms. The van der Waals surface area contributed by atoms with Crippen LogP contribution in [0.2, 0.25) is 0 Å². The quantitative estimate of drug-likeness (QED) is 0.270. The molecule has 0 unspecified atom stereocenters. The highest BCUT2D eigenvalue weighted by atomic mass is 127. The SMILES string of the molecule is CNC(=O)c1c(I)c(NC(=O)CO)c(I)c(C(=O)N(CC(=O)O)c2ccc(O)cc2)c1I. The third-order valence-electron chi connectivity index (χ3n) is 4.09. The molecule has 0 spiro atoms. The van der Waals surface area contributed by atoms with E-state index < -0.39 is 36.8 Å². The third-order valence-corrected chi connectivity index (χ3v) is 7.33. The van der Waals surface area contributed by atoms with E-state index in [-0.39, 0.29) is 35.4 Å². The fourth-order valence-electron chi connectivity index (χ4n) is 2.65. The van der Waals surface area contributed by atoms with Gasteiger partial charge in [-0.05, 0) is 92.0 Å². The topological polar surface area (TPSA) is 156 Å². The van der Waals surface area contributed by atoms with Gasteiger partial charge >= 0.3 is 5.97 Å². The van der Waals surface area contributed by atoms with Gasteiger partial charge in [0.2, 0.25) is 5.91 Å². The predicted octanol–water partition coefficient (Wildman–Crippen LogP) is 2.23. The van der Waals surface area contributed by atoms with Crippen LogP contribution < -0.4 is 15.5 Å². The molecular formula is C19H16I3N3O7. The standard InChI is InChI=1S/C19H16I3N3O7/c1-23-18(31)12-14(20)13(16(22)17(15(12)21)24-10(28)7-26)19(32)25(6-11(29)30)8-2-4-9(27)5-3-8/h2-5,26-27H,6-7H2,1H3,(H,23,31)(H,24,28)(H,29,30). The minimum Gasteiger partial charge on any atom is -0.508 e. The lowest BCUT2D eigenvalue weighted by atomic mass is 10.1. The number of phenolic OH excluding ortho intramolecular Hbond substituents is 1. The molecule has 2 aromatic carbocycles. The summed E-state index contributed by atoms with van der Waals surface area (Å²) in [5.41, 5.74) is 0.482.